The van der Waals surface area contributed by atoms with E-state index in [1.807, 2.05) is 23.7 Å². The summed E-state index contributed by atoms with van der Waals surface area (Å²) in [4.78, 5) is 0. The molecular formula is C18H18ClN3OS. The Balaban J connectivity index is 1.61. The molecule has 3 rings (SSSR count). The van der Waals surface area contributed by atoms with Crippen LogP contribution in [-0.2, 0) is 19.4 Å². The highest BCUT2D eigenvalue weighted by molar-refractivity contribution is 7.98. The van der Waals surface area contributed by atoms with Crippen LogP contribution in [0.15, 0.2) is 53.7 Å². The van der Waals surface area contributed by atoms with E-state index in [1.54, 1.807) is 23.9 Å². The van der Waals surface area contributed by atoms with Gasteiger partial charge in [0.05, 0.1) is 0 Å². The fourth-order valence-electron chi connectivity index (χ4n) is 2.19. The SMILES string of the molecule is Cc1ccccc1CSc1nnc(COc2ccc(Cl)cc2)n1C. The zero-order valence-electron chi connectivity index (χ0n) is 13.6. The Morgan fingerprint density at radius 2 is 1.83 bits per heavy atom. The van der Waals surface area contributed by atoms with E-state index >= 15 is 0 Å². The van der Waals surface area contributed by atoms with E-state index in [9.17, 15) is 0 Å². The first-order valence-electron chi connectivity index (χ1n) is 7.57. The summed E-state index contributed by atoms with van der Waals surface area (Å²) in [5, 5.41) is 10.1. The zero-order chi connectivity index (χ0) is 16.9. The number of hydrogen-bond donors (Lipinski definition) is 0. The normalized spacial score (nSPS) is 10.8. The molecule has 0 fully saturated rings. The van der Waals surface area contributed by atoms with Gasteiger partial charge in [-0.15, -0.1) is 10.2 Å². The average Bonchev–Trinajstić information content (AvgIpc) is 2.94. The van der Waals surface area contributed by atoms with Crippen molar-refractivity contribution in [3.05, 3.63) is 70.5 Å². The van der Waals surface area contributed by atoms with Crippen molar-refractivity contribution in [1.82, 2.24) is 14.8 Å². The molecule has 0 unspecified atom stereocenters. The molecule has 124 valence electrons. The standard InChI is InChI=1S/C18H18ClN3OS/c1-13-5-3-4-6-14(13)12-24-18-21-20-17(22(18)2)11-23-16-9-7-15(19)8-10-16/h3-10H,11-12H2,1-2H3. The number of aryl methyl sites for hydroxylation is 1. The summed E-state index contributed by atoms with van der Waals surface area (Å²) < 4.78 is 7.70. The van der Waals surface area contributed by atoms with E-state index in [0.717, 1.165) is 22.5 Å². The summed E-state index contributed by atoms with van der Waals surface area (Å²) in [7, 11) is 1.96. The van der Waals surface area contributed by atoms with Gasteiger partial charge in [0.2, 0.25) is 0 Å². The second-order valence-electron chi connectivity index (χ2n) is 5.42. The molecule has 2 aromatic carbocycles. The molecule has 0 radical (unpaired) electrons. The van der Waals surface area contributed by atoms with Crippen molar-refractivity contribution in [2.45, 2.75) is 24.4 Å². The third-order valence-corrected chi connectivity index (χ3v) is 5.05. The minimum absolute atomic E-state index is 0.371. The Hall–Kier alpha value is -1.98. The minimum atomic E-state index is 0.371. The van der Waals surface area contributed by atoms with Crippen molar-refractivity contribution < 1.29 is 4.74 Å². The van der Waals surface area contributed by atoms with E-state index in [-0.39, 0.29) is 0 Å². The molecular weight excluding hydrogens is 342 g/mol. The molecule has 24 heavy (non-hydrogen) atoms. The van der Waals surface area contributed by atoms with Gasteiger partial charge in [-0.3, -0.25) is 0 Å². The molecule has 0 N–H and O–H groups in total. The molecule has 0 atom stereocenters. The highest BCUT2D eigenvalue weighted by Crippen LogP contribution is 2.23. The van der Waals surface area contributed by atoms with Crippen LogP contribution in [0.1, 0.15) is 17.0 Å². The predicted octanol–water partition coefficient (Wildman–Crippen LogP) is 4.65. The van der Waals surface area contributed by atoms with Crippen molar-refractivity contribution in [2.24, 2.45) is 7.05 Å². The quantitative estimate of drug-likeness (QED) is 0.601. The van der Waals surface area contributed by atoms with Gasteiger partial charge in [-0.25, -0.2) is 0 Å². The van der Waals surface area contributed by atoms with Gasteiger partial charge in [0.25, 0.3) is 0 Å². The van der Waals surface area contributed by atoms with Crippen LogP contribution >= 0.6 is 23.4 Å². The van der Waals surface area contributed by atoms with Crippen molar-refractivity contribution in [3.63, 3.8) is 0 Å². The number of ether oxygens (including phenoxy) is 1. The lowest BCUT2D eigenvalue weighted by atomic mass is 10.1. The third-order valence-electron chi connectivity index (χ3n) is 3.72. The lowest BCUT2D eigenvalue weighted by Crippen LogP contribution is -2.04. The van der Waals surface area contributed by atoms with Crippen molar-refractivity contribution in [1.29, 1.82) is 0 Å². The van der Waals surface area contributed by atoms with Gasteiger partial charge < -0.3 is 9.30 Å². The van der Waals surface area contributed by atoms with Crippen LogP contribution in [-0.4, -0.2) is 14.8 Å². The fourth-order valence-corrected chi connectivity index (χ4v) is 3.32. The highest BCUT2D eigenvalue weighted by Gasteiger charge is 2.10. The first-order chi connectivity index (χ1) is 11.6. The summed E-state index contributed by atoms with van der Waals surface area (Å²) >= 11 is 7.54. The molecule has 3 aromatic rings. The summed E-state index contributed by atoms with van der Waals surface area (Å²) in [6, 6.07) is 15.7. The maximum atomic E-state index is 5.87. The molecule has 0 bridgehead atoms. The molecule has 0 aliphatic heterocycles. The largest absolute Gasteiger partial charge is 0.486 e. The molecule has 1 aromatic heterocycles. The van der Waals surface area contributed by atoms with Gasteiger partial charge in [0, 0.05) is 17.8 Å². The number of aromatic nitrogens is 3. The molecule has 0 aliphatic carbocycles. The van der Waals surface area contributed by atoms with E-state index in [4.69, 9.17) is 16.3 Å². The summed E-state index contributed by atoms with van der Waals surface area (Å²) in [5.74, 6) is 2.42. The smallest absolute Gasteiger partial charge is 0.191 e. The van der Waals surface area contributed by atoms with Gasteiger partial charge in [0.1, 0.15) is 12.4 Å². The Morgan fingerprint density at radius 3 is 2.58 bits per heavy atom. The lowest BCUT2D eigenvalue weighted by Gasteiger charge is -2.07. The number of hydrogen-bond acceptors (Lipinski definition) is 4. The molecule has 0 saturated carbocycles. The van der Waals surface area contributed by atoms with Crippen LogP contribution < -0.4 is 4.74 Å². The number of nitrogens with zero attached hydrogens (tertiary/aromatic N) is 3. The number of thioether (sulfide) groups is 1. The van der Waals surface area contributed by atoms with E-state index in [2.05, 4.69) is 41.4 Å². The second-order valence-corrected chi connectivity index (χ2v) is 6.79. The van der Waals surface area contributed by atoms with Gasteiger partial charge in [-0.05, 0) is 42.3 Å². The Bertz CT molecular complexity index is 817. The molecule has 0 saturated heterocycles. The Morgan fingerprint density at radius 1 is 1.08 bits per heavy atom. The maximum Gasteiger partial charge on any atom is 0.191 e. The van der Waals surface area contributed by atoms with Crippen molar-refractivity contribution in [3.8, 4) is 5.75 Å². The van der Waals surface area contributed by atoms with Gasteiger partial charge >= 0.3 is 0 Å². The van der Waals surface area contributed by atoms with E-state index in [0.29, 0.717) is 11.6 Å². The molecule has 0 aliphatic rings. The molecule has 4 nitrogen and oxygen atoms in total. The summed E-state index contributed by atoms with van der Waals surface area (Å²) in [6.45, 7) is 2.49. The monoisotopic (exact) mass is 359 g/mol. The molecule has 6 heteroatoms. The number of halogens is 1. The van der Waals surface area contributed by atoms with Crippen LogP contribution in [0.5, 0.6) is 5.75 Å². The topological polar surface area (TPSA) is 39.9 Å². The van der Waals surface area contributed by atoms with Crippen LogP contribution in [0.2, 0.25) is 5.02 Å². The van der Waals surface area contributed by atoms with E-state index < -0.39 is 0 Å². The molecule has 1 heterocycles. The minimum Gasteiger partial charge on any atom is -0.486 e. The predicted molar refractivity (Wildman–Crippen MR) is 97.5 cm³/mol. The number of rotatable bonds is 6. The van der Waals surface area contributed by atoms with E-state index in [1.165, 1.54) is 11.1 Å². The highest BCUT2D eigenvalue weighted by atomic mass is 35.5. The third kappa shape index (κ3) is 4.10. The fraction of sp³-hybridized carbons (Fsp3) is 0.222. The zero-order valence-corrected chi connectivity index (χ0v) is 15.1. The van der Waals surface area contributed by atoms with Gasteiger partial charge in [-0.2, -0.15) is 0 Å². The van der Waals surface area contributed by atoms with Crippen molar-refractivity contribution >= 4 is 23.4 Å². The Kier molecular flexibility index (Phi) is 5.43. The van der Waals surface area contributed by atoms with Crippen LogP contribution in [0.4, 0.5) is 0 Å². The van der Waals surface area contributed by atoms with Crippen LogP contribution in [0.25, 0.3) is 0 Å². The second kappa shape index (κ2) is 7.73. The summed E-state index contributed by atoms with van der Waals surface area (Å²) in [5.41, 5.74) is 2.60. The lowest BCUT2D eigenvalue weighted by molar-refractivity contribution is 0.290. The average molecular weight is 360 g/mol. The first-order valence-corrected chi connectivity index (χ1v) is 8.94. The maximum absolute atomic E-state index is 5.87. The number of benzene rings is 2. The molecule has 0 amide bonds. The first kappa shape index (κ1) is 16.9. The van der Waals surface area contributed by atoms with Gasteiger partial charge in [0.15, 0.2) is 11.0 Å². The van der Waals surface area contributed by atoms with Crippen LogP contribution in [0.3, 0.4) is 0 Å². The van der Waals surface area contributed by atoms with Crippen LogP contribution in [0, 0.1) is 6.92 Å². The van der Waals surface area contributed by atoms with Crippen molar-refractivity contribution in [2.75, 3.05) is 0 Å². The summed E-state index contributed by atoms with van der Waals surface area (Å²) in [6.07, 6.45) is 0. The molecule has 0 spiro atoms. The van der Waals surface area contributed by atoms with Gasteiger partial charge in [-0.1, -0.05) is 47.6 Å². The Labute approximate surface area is 150 Å².